The molecule has 3 aromatic rings. The van der Waals surface area contributed by atoms with E-state index in [-0.39, 0.29) is 12.7 Å². The van der Waals surface area contributed by atoms with Crippen molar-refractivity contribution in [3.63, 3.8) is 0 Å². The number of nitrogens with one attached hydrogen (secondary N) is 1. The predicted molar refractivity (Wildman–Crippen MR) is 134 cm³/mol. The normalized spacial score (nSPS) is 15.4. The highest BCUT2D eigenvalue weighted by Gasteiger charge is 2.26. The van der Waals surface area contributed by atoms with Gasteiger partial charge in [0.2, 0.25) is 12.7 Å². The molecule has 2 aromatic carbocycles. The van der Waals surface area contributed by atoms with Gasteiger partial charge in [0.15, 0.2) is 11.5 Å². The van der Waals surface area contributed by atoms with Gasteiger partial charge in [-0.3, -0.25) is 9.35 Å². The maximum Gasteiger partial charge on any atom is 0.306 e. The number of piperidine rings is 1. The van der Waals surface area contributed by atoms with Crippen molar-refractivity contribution in [3.05, 3.63) is 47.0 Å². The molecule has 0 atom stereocenters. The number of hydrogen-bond acceptors (Lipinski definition) is 9. The molecule has 13 heteroatoms. The van der Waals surface area contributed by atoms with Gasteiger partial charge in [0.05, 0.1) is 17.7 Å². The summed E-state index contributed by atoms with van der Waals surface area (Å²) < 4.78 is 36.7. The molecule has 2 aliphatic rings. The van der Waals surface area contributed by atoms with E-state index in [2.05, 4.69) is 5.32 Å². The number of benzene rings is 2. The Hall–Kier alpha value is -3.35. The Kier molecular flexibility index (Phi) is 7.67. The molecule has 2 aliphatic heterocycles. The summed E-state index contributed by atoms with van der Waals surface area (Å²) >= 11 is 6.23. The fraction of sp³-hybridized carbons (Fsp3) is 0.348. The smallest absolute Gasteiger partial charge is 0.306 e. The average Bonchev–Trinajstić information content (AvgIpc) is 3.29. The number of fused-ring (bicyclic) bond motifs is 2. The third-order valence-corrected chi connectivity index (χ3v) is 5.91. The van der Waals surface area contributed by atoms with Gasteiger partial charge < -0.3 is 24.8 Å². The third kappa shape index (κ3) is 6.65. The molecule has 0 saturated carbocycles. The SMILES string of the molecule is CS(=O)(=O)O.O=C(O)C1CCN(c2nc(NCc3ccc4c(c3)OCO4)c3cc(Cl)ccc3n2)CC1. The van der Waals surface area contributed by atoms with Crippen LogP contribution >= 0.6 is 11.6 Å². The first kappa shape index (κ1) is 25.7. The lowest BCUT2D eigenvalue weighted by molar-refractivity contribution is -0.142. The van der Waals surface area contributed by atoms with Gasteiger partial charge in [-0.25, -0.2) is 4.98 Å². The molecule has 3 heterocycles. The van der Waals surface area contributed by atoms with Gasteiger partial charge in [0.25, 0.3) is 10.1 Å². The van der Waals surface area contributed by atoms with E-state index >= 15 is 0 Å². The number of aromatic nitrogens is 2. The maximum atomic E-state index is 11.3. The molecule has 5 rings (SSSR count). The molecule has 1 aromatic heterocycles. The van der Waals surface area contributed by atoms with Crippen LogP contribution in [0.4, 0.5) is 11.8 Å². The van der Waals surface area contributed by atoms with Gasteiger partial charge in [-0.15, -0.1) is 0 Å². The zero-order chi connectivity index (χ0) is 25.9. The van der Waals surface area contributed by atoms with Crippen LogP contribution in [0.3, 0.4) is 0 Å². The molecule has 0 bridgehead atoms. The number of anilines is 2. The molecule has 0 spiro atoms. The fourth-order valence-electron chi connectivity index (χ4n) is 3.93. The van der Waals surface area contributed by atoms with E-state index < -0.39 is 16.1 Å². The summed E-state index contributed by atoms with van der Waals surface area (Å²) in [6.45, 7) is 1.99. The van der Waals surface area contributed by atoms with E-state index in [1.54, 1.807) is 6.07 Å². The van der Waals surface area contributed by atoms with Gasteiger partial charge in [0, 0.05) is 30.0 Å². The summed E-state index contributed by atoms with van der Waals surface area (Å²) in [6, 6.07) is 11.3. The fourth-order valence-corrected chi connectivity index (χ4v) is 4.10. The number of carboxylic acid groups (broad SMARTS) is 1. The van der Waals surface area contributed by atoms with Crippen molar-refractivity contribution < 1.29 is 32.3 Å². The van der Waals surface area contributed by atoms with Gasteiger partial charge >= 0.3 is 5.97 Å². The molecule has 1 saturated heterocycles. The number of rotatable bonds is 5. The Bertz CT molecular complexity index is 1370. The lowest BCUT2D eigenvalue weighted by Gasteiger charge is -2.30. The monoisotopic (exact) mass is 536 g/mol. The van der Waals surface area contributed by atoms with E-state index in [1.165, 1.54) is 0 Å². The Labute approximate surface area is 212 Å². The summed E-state index contributed by atoms with van der Waals surface area (Å²) in [7, 11) is -3.67. The number of nitrogens with zero attached hydrogens (tertiary/aromatic N) is 3. The molecular weight excluding hydrogens is 512 g/mol. The predicted octanol–water partition coefficient (Wildman–Crippen LogP) is 3.43. The van der Waals surface area contributed by atoms with Gasteiger partial charge in [-0.2, -0.15) is 13.4 Å². The number of aliphatic carboxylic acids is 1. The first-order chi connectivity index (χ1) is 17.1. The topological polar surface area (TPSA) is 151 Å². The Morgan fingerprint density at radius 2 is 1.83 bits per heavy atom. The summed E-state index contributed by atoms with van der Waals surface area (Å²) in [5.41, 5.74) is 1.81. The second-order valence-corrected chi connectivity index (χ2v) is 10.3. The van der Waals surface area contributed by atoms with E-state index in [1.807, 2.05) is 35.2 Å². The van der Waals surface area contributed by atoms with Gasteiger partial charge in [0.1, 0.15) is 5.82 Å². The summed E-state index contributed by atoms with van der Waals surface area (Å²) in [5.74, 6) is 1.71. The molecule has 0 radical (unpaired) electrons. The second kappa shape index (κ2) is 10.7. The van der Waals surface area contributed by atoms with Crippen LogP contribution in [-0.4, -0.2) is 60.2 Å². The van der Waals surface area contributed by atoms with Crippen molar-refractivity contribution in [2.45, 2.75) is 19.4 Å². The van der Waals surface area contributed by atoms with Crippen LogP contribution in [0.2, 0.25) is 5.02 Å². The number of carboxylic acids is 1. The minimum absolute atomic E-state index is 0.239. The number of hydrogen-bond donors (Lipinski definition) is 3. The van der Waals surface area contributed by atoms with Gasteiger partial charge in [-0.05, 0) is 48.7 Å². The summed E-state index contributed by atoms with van der Waals surface area (Å²) in [4.78, 5) is 22.8. The van der Waals surface area contributed by atoms with E-state index in [4.69, 9.17) is 35.6 Å². The first-order valence-corrected chi connectivity index (χ1v) is 13.3. The zero-order valence-electron chi connectivity index (χ0n) is 19.3. The van der Waals surface area contributed by atoms with Crippen LogP contribution in [0.15, 0.2) is 36.4 Å². The highest BCUT2D eigenvalue weighted by atomic mass is 35.5. The molecule has 0 amide bonds. The lowest BCUT2D eigenvalue weighted by Crippen LogP contribution is -2.37. The largest absolute Gasteiger partial charge is 0.481 e. The van der Waals surface area contributed by atoms with E-state index in [9.17, 15) is 18.3 Å². The van der Waals surface area contributed by atoms with Crippen molar-refractivity contribution in [2.24, 2.45) is 5.92 Å². The van der Waals surface area contributed by atoms with Crippen LogP contribution < -0.4 is 19.7 Å². The molecular formula is C23H25ClN4O7S. The van der Waals surface area contributed by atoms with Crippen molar-refractivity contribution in [1.82, 2.24) is 9.97 Å². The quantitative estimate of drug-likeness (QED) is 0.411. The van der Waals surface area contributed by atoms with Crippen molar-refractivity contribution in [3.8, 4) is 11.5 Å². The van der Waals surface area contributed by atoms with E-state index in [0.717, 1.165) is 28.0 Å². The van der Waals surface area contributed by atoms with Crippen LogP contribution in [0.25, 0.3) is 10.9 Å². The second-order valence-electron chi connectivity index (χ2n) is 8.41. The van der Waals surface area contributed by atoms with Gasteiger partial charge in [-0.1, -0.05) is 17.7 Å². The molecule has 192 valence electrons. The standard InChI is InChI=1S/C22H21ClN4O4.CH4O3S/c23-15-2-3-17-16(10-15)20(24-11-13-1-4-18-19(9-13)31-12-30-18)26-22(25-17)27-7-5-14(6-8-27)21(28)29;1-5(2,3)4/h1-4,9-10,14H,5-8,11-12H2,(H,28,29)(H,24,25,26);1H3,(H,2,3,4). The van der Waals surface area contributed by atoms with Crippen LogP contribution in [0.1, 0.15) is 18.4 Å². The van der Waals surface area contributed by atoms with Crippen LogP contribution in [0, 0.1) is 5.92 Å². The Morgan fingerprint density at radius 3 is 2.53 bits per heavy atom. The van der Waals surface area contributed by atoms with E-state index in [0.29, 0.717) is 55.5 Å². The zero-order valence-corrected chi connectivity index (χ0v) is 20.9. The van der Waals surface area contributed by atoms with Crippen LogP contribution in [0.5, 0.6) is 11.5 Å². The maximum absolute atomic E-state index is 11.3. The molecule has 0 unspecified atom stereocenters. The van der Waals surface area contributed by atoms with Crippen molar-refractivity contribution in [2.75, 3.05) is 36.4 Å². The highest BCUT2D eigenvalue weighted by Crippen LogP contribution is 2.33. The molecule has 36 heavy (non-hydrogen) atoms. The lowest BCUT2D eigenvalue weighted by atomic mass is 9.97. The summed E-state index contributed by atoms with van der Waals surface area (Å²) in [6.07, 6.45) is 1.88. The number of halogens is 1. The minimum atomic E-state index is -3.67. The molecule has 11 nitrogen and oxygen atoms in total. The average molecular weight is 537 g/mol. The number of carbonyl (C=O) groups is 1. The first-order valence-electron chi connectivity index (χ1n) is 11.1. The highest BCUT2D eigenvalue weighted by molar-refractivity contribution is 7.85. The minimum Gasteiger partial charge on any atom is -0.481 e. The van der Waals surface area contributed by atoms with Crippen molar-refractivity contribution >= 4 is 50.4 Å². The summed E-state index contributed by atoms with van der Waals surface area (Å²) in [5, 5.41) is 14.1. The number of ether oxygens (including phenoxy) is 2. The Balaban J connectivity index is 0.000000556. The molecule has 0 aliphatic carbocycles. The Morgan fingerprint density at radius 1 is 1.14 bits per heavy atom. The van der Waals surface area contributed by atoms with Crippen LogP contribution in [-0.2, 0) is 21.5 Å². The third-order valence-electron chi connectivity index (χ3n) is 5.67. The molecule has 1 fully saturated rings. The molecule has 3 N–H and O–H groups in total. The van der Waals surface area contributed by atoms with Crippen molar-refractivity contribution in [1.29, 1.82) is 0 Å².